The van der Waals surface area contributed by atoms with Crippen LogP contribution in [0.4, 0.5) is 18.9 Å². The summed E-state index contributed by atoms with van der Waals surface area (Å²) in [4.78, 5) is 16.9. The Morgan fingerprint density at radius 2 is 1.47 bits per heavy atom. The number of halogens is 3. The zero-order valence-corrected chi connectivity index (χ0v) is 19.4. The largest absolute Gasteiger partial charge is 0.416 e. The maximum absolute atomic E-state index is 13.0. The van der Waals surface area contributed by atoms with Crippen molar-refractivity contribution in [1.82, 2.24) is 9.80 Å². The minimum atomic E-state index is -4.52. The fourth-order valence-electron chi connectivity index (χ4n) is 4.30. The van der Waals surface area contributed by atoms with Crippen molar-refractivity contribution in [3.05, 3.63) is 113 Å². The van der Waals surface area contributed by atoms with Crippen molar-refractivity contribution in [3.63, 3.8) is 0 Å². The monoisotopic (exact) mass is 490 g/mol. The summed E-state index contributed by atoms with van der Waals surface area (Å²) < 4.78 is 38.9. The van der Waals surface area contributed by atoms with Crippen LogP contribution >= 0.6 is 0 Å². The van der Waals surface area contributed by atoms with Crippen LogP contribution in [0.2, 0.25) is 0 Å². The number of nitrogens with one attached hydrogen (secondary N) is 1. The minimum Gasteiger partial charge on any atom is -0.374 e. The van der Waals surface area contributed by atoms with E-state index in [1.165, 1.54) is 29.5 Å². The van der Waals surface area contributed by atoms with E-state index in [4.69, 9.17) is 0 Å². The molecule has 1 aliphatic heterocycles. The fourth-order valence-corrected chi connectivity index (χ4v) is 4.30. The van der Waals surface area contributed by atoms with Crippen molar-refractivity contribution >= 4 is 11.6 Å². The molecular weight excluding hydrogens is 465 g/mol. The highest BCUT2D eigenvalue weighted by molar-refractivity contribution is 6.06. The Labute approximate surface area is 208 Å². The molecule has 36 heavy (non-hydrogen) atoms. The first-order chi connectivity index (χ1) is 17.3. The number of nitriles is 1. The third-order valence-electron chi connectivity index (χ3n) is 6.07. The van der Waals surface area contributed by atoms with Gasteiger partial charge in [0.2, 0.25) is 0 Å². The molecule has 0 atom stereocenters. The van der Waals surface area contributed by atoms with Crippen LogP contribution in [0.25, 0.3) is 0 Å². The Bertz CT molecular complexity index is 1210. The summed E-state index contributed by atoms with van der Waals surface area (Å²) in [5.41, 5.74) is 1.32. The Balaban J connectivity index is 1.44. The van der Waals surface area contributed by atoms with E-state index in [1.807, 2.05) is 47.4 Å². The van der Waals surface area contributed by atoms with Crippen LogP contribution in [-0.2, 0) is 11.0 Å². The van der Waals surface area contributed by atoms with E-state index in [0.29, 0.717) is 26.2 Å². The summed E-state index contributed by atoms with van der Waals surface area (Å²) >= 11 is 0. The third-order valence-corrected chi connectivity index (χ3v) is 6.07. The molecule has 0 spiro atoms. The maximum atomic E-state index is 13.0. The van der Waals surface area contributed by atoms with E-state index in [9.17, 15) is 23.2 Å². The quantitative estimate of drug-likeness (QED) is 0.368. The summed E-state index contributed by atoms with van der Waals surface area (Å²) in [7, 11) is 0. The Morgan fingerprint density at radius 1 is 0.889 bits per heavy atom. The van der Waals surface area contributed by atoms with Crippen LogP contribution in [0.15, 0.2) is 96.7 Å². The zero-order chi connectivity index (χ0) is 25.5. The van der Waals surface area contributed by atoms with Gasteiger partial charge in [0.1, 0.15) is 11.6 Å². The Morgan fingerprint density at radius 3 is 2.00 bits per heavy atom. The minimum absolute atomic E-state index is 0.0191. The first-order valence-corrected chi connectivity index (χ1v) is 11.5. The number of piperazine rings is 1. The number of hydrogen-bond donors (Lipinski definition) is 1. The van der Waals surface area contributed by atoms with Crippen LogP contribution < -0.4 is 5.32 Å². The van der Waals surface area contributed by atoms with Crippen molar-refractivity contribution in [2.24, 2.45) is 0 Å². The standard InChI is InChI=1S/C28H25F3N4O/c29-28(30,31)24-12-7-13-25(18-24)33-27(36)23(19-32)20-34-14-16-35(17-15-34)26(21-8-3-1-4-9-21)22-10-5-2-6-11-22/h1-13,18,20,26H,14-17H2,(H,33,36)/b23-20-. The number of benzene rings is 3. The van der Waals surface area contributed by atoms with Crippen molar-refractivity contribution in [1.29, 1.82) is 5.26 Å². The summed E-state index contributed by atoms with van der Waals surface area (Å²) in [5.74, 6) is -0.745. The second-order valence-corrected chi connectivity index (χ2v) is 8.48. The third kappa shape index (κ3) is 6.12. The molecule has 1 N–H and O–H groups in total. The normalized spacial score (nSPS) is 15.0. The fraction of sp³-hybridized carbons (Fsp3) is 0.214. The van der Waals surface area contributed by atoms with Gasteiger partial charge in [0, 0.05) is 38.1 Å². The molecule has 4 rings (SSSR count). The number of carbonyl (C=O) groups excluding carboxylic acids is 1. The number of amides is 1. The molecule has 1 aliphatic rings. The molecule has 1 heterocycles. The topological polar surface area (TPSA) is 59.4 Å². The van der Waals surface area contributed by atoms with Crippen molar-refractivity contribution < 1.29 is 18.0 Å². The van der Waals surface area contributed by atoms with Gasteiger partial charge in [-0.3, -0.25) is 9.69 Å². The number of anilines is 1. The smallest absolute Gasteiger partial charge is 0.374 e. The van der Waals surface area contributed by atoms with E-state index in [0.717, 1.165) is 12.1 Å². The van der Waals surface area contributed by atoms with Crippen LogP contribution in [0.3, 0.4) is 0 Å². The lowest BCUT2D eigenvalue weighted by molar-refractivity contribution is -0.137. The van der Waals surface area contributed by atoms with Gasteiger partial charge in [-0.05, 0) is 29.3 Å². The van der Waals surface area contributed by atoms with Gasteiger partial charge in [0.05, 0.1) is 11.6 Å². The van der Waals surface area contributed by atoms with Gasteiger partial charge in [-0.2, -0.15) is 18.4 Å². The average molecular weight is 491 g/mol. The van der Waals surface area contributed by atoms with Crippen LogP contribution in [0.5, 0.6) is 0 Å². The van der Waals surface area contributed by atoms with Crippen molar-refractivity contribution in [2.45, 2.75) is 12.2 Å². The molecule has 3 aromatic carbocycles. The molecule has 0 aromatic heterocycles. The van der Waals surface area contributed by atoms with E-state index < -0.39 is 17.6 Å². The summed E-state index contributed by atoms with van der Waals surface area (Å²) in [6, 6.07) is 26.8. The van der Waals surface area contributed by atoms with Crippen LogP contribution in [0.1, 0.15) is 22.7 Å². The highest BCUT2D eigenvalue weighted by Gasteiger charge is 2.31. The van der Waals surface area contributed by atoms with E-state index >= 15 is 0 Å². The first-order valence-electron chi connectivity index (χ1n) is 11.5. The molecule has 0 radical (unpaired) electrons. The summed E-state index contributed by atoms with van der Waals surface area (Å²) in [5, 5.41) is 11.9. The van der Waals surface area contributed by atoms with Gasteiger partial charge in [0.15, 0.2) is 0 Å². The van der Waals surface area contributed by atoms with Crippen molar-refractivity contribution in [3.8, 4) is 6.07 Å². The molecule has 3 aromatic rings. The van der Waals surface area contributed by atoms with E-state index in [1.54, 1.807) is 0 Å². The highest BCUT2D eigenvalue weighted by Crippen LogP contribution is 2.31. The number of carbonyl (C=O) groups is 1. The molecule has 5 nitrogen and oxygen atoms in total. The molecule has 0 saturated carbocycles. The summed E-state index contributed by atoms with van der Waals surface area (Å²) in [6.45, 7) is 2.61. The van der Waals surface area contributed by atoms with Gasteiger partial charge in [-0.25, -0.2) is 0 Å². The van der Waals surface area contributed by atoms with Gasteiger partial charge in [-0.15, -0.1) is 0 Å². The predicted molar refractivity (Wildman–Crippen MR) is 132 cm³/mol. The van der Waals surface area contributed by atoms with Gasteiger partial charge in [-0.1, -0.05) is 66.7 Å². The molecule has 0 unspecified atom stereocenters. The van der Waals surface area contributed by atoms with Gasteiger partial charge in [0.25, 0.3) is 5.91 Å². The highest BCUT2D eigenvalue weighted by atomic mass is 19.4. The van der Waals surface area contributed by atoms with E-state index in [2.05, 4.69) is 34.5 Å². The molecule has 184 valence electrons. The number of nitrogens with zero attached hydrogens (tertiary/aromatic N) is 3. The molecular formula is C28H25F3N4O. The van der Waals surface area contributed by atoms with Crippen molar-refractivity contribution in [2.75, 3.05) is 31.5 Å². The van der Waals surface area contributed by atoms with Crippen LogP contribution in [-0.4, -0.2) is 41.9 Å². The number of rotatable bonds is 6. The van der Waals surface area contributed by atoms with Gasteiger partial charge < -0.3 is 10.2 Å². The second kappa shape index (κ2) is 11.1. The lowest BCUT2D eigenvalue weighted by Crippen LogP contribution is -2.46. The molecule has 0 bridgehead atoms. The second-order valence-electron chi connectivity index (χ2n) is 8.48. The molecule has 8 heteroatoms. The predicted octanol–water partition coefficient (Wildman–Crippen LogP) is 5.46. The Hall–Kier alpha value is -4.09. The SMILES string of the molecule is N#C/C(=C/N1CCN(C(c2ccccc2)c2ccccc2)CC1)C(=O)Nc1cccc(C(F)(F)F)c1. The van der Waals surface area contributed by atoms with Gasteiger partial charge >= 0.3 is 6.18 Å². The maximum Gasteiger partial charge on any atom is 0.416 e. The molecule has 1 fully saturated rings. The Kier molecular flexibility index (Phi) is 7.71. The lowest BCUT2D eigenvalue weighted by Gasteiger charge is -2.39. The van der Waals surface area contributed by atoms with E-state index in [-0.39, 0.29) is 17.3 Å². The molecule has 1 saturated heterocycles. The molecule has 1 amide bonds. The zero-order valence-electron chi connectivity index (χ0n) is 19.4. The number of alkyl halides is 3. The number of hydrogen-bond acceptors (Lipinski definition) is 4. The lowest BCUT2D eigenvalue weighted by atomic mass is 9.96. The average Bonchev–Trinajstić information content (AvgIpc) is 2.89. The summed E-state index contributed by atoms with van der Waals surface area (Å²) in [6.07, 6.45) is -3.04. The molecule has 0 aliphatic carbocycles. The van der Waals surface area contributed by atoms with Crippen LogP contribution in [0, 0.1) is 11.3 Å². The first kappa shape index (κ1) is 25.0.